The Labute approximate surface area is 134 Å². The molecule has 0 spiro atoms. The van der Waals surface area contributed by atoms with E-state index in [1.54, 1.807) is 12.4 Å². The largest absolute Gasteiger partial charge is 0.379 e. The zero-order chi connectivity index (χ0) is 15.9. The van der Waals surface area contributed by atoms with Gasteiger partial charge in [-0.25, -0.2) is 19.9 Å². The van der Waals surface area contributed by atoms with Gasteiger partial charge in [0.15, 0.2) is 17.0 Å². The molecule has 0 atom stereocenters. The Bertz CT molecular complexity index is 676. The summed E-state index contributed by atoms with van der Waals surface area (Å²) in [6, 6.07) is 2.20. The zero-order valence-electron chi connectivity index (χ0n) is 12.9. The molecule has 0 amide bonds. The van der Waals surface area contributed by atoms with Gasteiger partial charge >= 0.3 is 0 Å². The highest BCUT2D eigenvalue weighted by Crippen LogP contribution is 2.19. The number of rotatable bonds is 6. The van der Waals surface area contributed by atoms with E-state index in [2.05, 4.69) is 35.8 Å². The molecule has 0 saturated carbocycles. The van der Waals surface area contributed by atoms with Gasteiger partial charge in [0.2, 0.25) is 0 Å². The summed E-state index contributed by atoms with van der Waals surface area (Å²) < 4.78 is 5.38. The Hall–Kier alpha value is -2.37. The van der Waals surface area contributed by atoms with Gasteiger partial charge in [-0.15, -0.1) is 0 Å². The summed E-state index contributed by atoms with van der Waals surface area (Å²) in [7, 11) is 0. The van der Waals surface area contributed by atoms with Crippen molar-refractivity contribution in [1.29, 1.82) is 5.26 Å². The SMILES string of the molecule is N#CCCN(CCN1CCOCC1)c1ncnc2nccnc12. The smallest absolute Gasteiger partial charge is 0.183 e. The fourth-order valence-electron chi connectivity index (χ4n) is 2.61. The van der Waals surface area contributed by atoms with Crippen molar-refractivity contribution in [3.63, 3.8) is 0 Å². The van der Waals surface area contributed by atoms with E-state index >= 15 is 0 Å². The maximum absolute atomic E-state index is 8.93. The van der Waals surface area contributed by atoms with Crippen molar-refractivity contribution < 1.29 is 4.74 Å². The van der Waals surface area contributed by atoms with Crippen LogP contribution in [0.15, 0.2) is 18.7 Å². The van der Waals surface area contributed by atoms with E-state index in [-0.39, 0.29) is 0 Å². The summed E-state index contributed by atoms with van der Waals surface area (Å²) in [5.41, 5.74) is 1.25. The molecule has 3 heterocycles. The summed E-state index contributed by atoms with van der Waals surface area (Å²) >= 11 is 0. The van der Waals surface area contributed by atoms with Crippen LogP contribution in [0.5, 0.6) is 0 Å². The topological polar surface area (TPSA) is 91.1 Å². The van der Waals surface area contributed by atoms with Crippen molar-refractivity contribution in [1.82, 2.24) is 24.8 Å². The number of nitriles is 1. The van der Waals surface area contributed by atoms with Crippen molar-refractivity contribution in [2.75, 3.05) is 50.8 Å². The van der Waals surface area contributed by atoms with Crippen LogP contribution in [-0.2, 0) is 4.74 Å². The molecule has 23 heavy (non-hydrogen) atoms. The maximum atomic E-state index is 8.93. The molecule has 2 aromatic rings. The van der Waals surface area contributed by atoms with Gasteiger partial charge in [-0.1, -0.05) is 0 Å². The lowest BCUT2D eigenvalue weighted by atomic mass is 10.3. The second-order valence-corrected chi connectivity index (χ2v) is 5.28. The van der Waals surface area contributed by atoms with Gasteiger partial charge in [-0.2, -0.15) is 5.26 Å². The molecule has 120 valence electrons. The van der Waals surface area contributed by atoms with Crippen LogP contribution < -0.4 is 4.90 Å². The number of hydrogen-bond donors (Lipinski definition) is 0. The highest BCUT2D eigenvalue weighted by Gasteiger charge is 2.16. The van der Waals surface area contributed by atoms with Crippen LogP contribution in [0.1, 0.15) is 6.42 Å². The van der Waals surface area contributed by atoms with Crippen molar-refractivity contribution in [3.05, 3.63) is 18.7 Å². The molecule has 1 saturated heterocycles. The molecule has 1 aliphatic rings. The van der Waals surface area contributed by atoms with Crippen molar-refractivity contribution in [2.24, 2.45) is 0 Å². The minimum Gasteiger partial charge on any atom is -0.379 e. The number of hydrogen-bond acceptors (Lipinski definition) is 8. The molecule has 0 aliphatic carbocycles. The zero-order valence-corrected chi connectivity index (χ0v) is 12.9. The van der Waals surface area contributed by atoms with E-state index in [1.165, 1.54) is 6.33 Å². The average Bonchev–Trinajstić information content (AvgIpc) is 2.62. The molecule has 0 bridgehead atoms. The van der Waals surface area contributed by atoms with Crippen LogP contribution in [0, 0.1) is 11.3 Å². The molecule has 1 aliphatic heterocycles. The Morgan fingerprint density at radius 1 is 1.13 bits per heavy atom. The van der Waals surface area contributed by atoms with Gasteiger partial charge in [0.05, 0.1) is 25.7 Å². The third-order valence-corrected chi connectivity index (χ3v) is 3.83. The monoisotopic (exact) mass is 313 g/mol. The van der Waals surface area contributed by atoms with Crippen LogP contribution >= 0.6 is 0 Å². The van der Waals surface area contributed by atoms with Crippen molar-refractivity contribution >= 4 is 17.0 Å². The highest BCUT2D eigenvalue weighted by molar-refractivity contribution is 5.82. The van der Waals surface area contributed by atoms with E-state index in [9.17, 15) is 0 Å². The Kier molecular flexibility index (Phi) is 5.24. The molecule has 8 heteroatoms. The summed E-state index contributed by atoms with van der Waals surface area (Å²) in [4.78, 5) is 21.6. The Morgan fingerprint density at radius 3 is 2.78 bits per heavy atom. The van der Waals surface area contributed by atoms with Crippen LogP contribution in [0.3, 0.4) is 0 Å². The lowest BCUT2D eigenvalue weighted by Gasteiger charge is -2.30. The molecular weight excluding hydrogens is 294 g/mol. The highest BCUT2D eigenvalue weighted by atomic mass is 16.5. The van der Waals surface area contributed by atoms with Crippen LogP contribution in [0.2, 0.25) is 0 Å². The lowest BCUT2D eigenvalue weighted by molar-refractivity contribution is 0.0391. The quantitative estimate of drug-likeness (QED) is 0.760. The van der Waals surface area contributed by atoms with Gasteiger partial charge in [0, 0.05) is 45.1 Å². The Balaban J connectivity index is 1.78. The number of anilines is 1. The van der Waals surface area contributed by atoms with Crippen LogP contribution in [0.4, 0.5) is 5.82 Å². The number of morpholine rings is 1. The number of nitrogens with zero attached hydrogens (tertiary/aromatic N) is 7. The van der Waals surface area contributed by atoms with Crippen molar-refractivity contribution in [3.8, 4) is 6.07 Å². The average molecular weight is 313 g/mol. The molecule has 0 radical (unpaired) electrons. The van der Waals surface area contributed by atoms with E-state index in [0.29, 0.717) is 24.1 Å². The first-order valence-electron chi connectivity index (χ1n) is 7.72. The van der Waals surface area contributed by atoms with Gasteiger partial charge in [0.1, 0.15) is 6.33 Å². The third kappa shape index (κ3) is 3.88. The lowest BCUT2D eigenvalue weighted by Crippen LogP contribution is -2.42. The molecular formula is C15H19N7O. The summed E-state index contributed by atoms with van der Waals surface area (Å²) in [5, 5.41) is 8.93. The van der Waals surface area contributed by atoms with Crippen LogP contribution in [-0.4, -0.2) is 70.8 Å². The van der Waals surface area contributed by atoms with E-state index in [4.69, 9.17) is 10.00 Å². The second-order valence-electron chi connectivity index (χ2n) is 5.28. The molecule has 1 fully saturated rings. The first kappa shape index (κ1) is 15.5. The summed E-state index contributed by atoms with van der Waals surface area (Å²) in [5.74, 6) is 0.742. The number of ether oxygens (including phenoxy) is 1. The molecule has 2 aromatic heterocycles. The Morgan fingerprint density at radius 2 is 1.96 bits per heavy atom. The molecule has 0 unspecified atom stereocenters. The van der Waals surface area contributed by atoms with Gasteiger partial charge < -0.3 is 9.64 Å². The normalized spacial score (nSPS) is 15.4. The van der Waals surface area contributed by atoms with E-state index in [0.717, 1.165) is 45.2 Å². The second kappa shape index (κ2) is 7.76. The molecule has 0 aromatic carbocycles. The third-order valence-electron chi connectivity index (χ3n) is 3.83. The van der Waals surface area contributed by atoms with Gasteiger partial charge in [-0.05, 0) is 0 Å². The predicted octanol–water partition coefficient (Wildman–Crippen LogP) is 0.472. The van der Waals surface area contributed by atoms with E-state index < -0.39 is 0 Å². The maximum Gasteiger partial charge on any atom is 0.183 e. The number of aromatic nitrogens is 4. The fraction of sp³-hybridized carbons (Fsp3) is 0.533. The summed E-state index contributed by atoms with van der Waals surface area (Å²) in [6.45, 7) is 5.74. The van der Waals surface area contributed by atoms with Crippen LogP contribution in [0.25, 0.3) is 11.2 Å². The van der Waals surface area contributed by atoms with Crippen molar-refractivity contribution in [2.45, 2.75) is 6.42 Å². The standard InChI is InChI=1S/C15H19N7O/c16-2-1-5-22(7-6-21-8-10-23-11-9-21)15-13-14(19-12-20-15)18-4-3-17-13/h3-4,12H,1,5-11H2. The molecule has 8 nitrogen and oxygen atoms in total. The number of fused-ring (bicyclic) bond motifs is 1. The first-order valence-corrected chi connectivity index (χ1v) is 7.72. The summed E-state index contributed by atoms with van der Waals surface area (Å²) in [6.07, 6.45) is 5.20. The first-order chi connectivity index (χ1) is 11.4. The minimum atomic E-state index is 0.439. The molecule has 0 N–H and O–H groups in total. The van der Waals surface area contributed by atoms with Gasteiger partial charge in [0.25, 0.3) is 0 Å². The van der Waals surface area contributed by atoms with Gasteiger partial charge in [-0.3, -0.25) is 4.90 Å². The minimum absolute atomic E-state index is 0.439. The predicted molar refractivity (Wildman–Crippen MR) is 84.8 cm³/mol. The fourth-order valence-corrected chi connectivity index (χ4v) is 2.61. The van der Waals surface area contributed by atoms with E-state index in [1.807, 2.05) is 0 Å². The molecule has 3 rings (SSSR count).